The SMILES string of the molecule is O=C(O)[C@H]1C[C@H]1C(=O)NC1(CO)CC1. The highest BCUT2D eigenvalue weighted by atomic mass is 16.4. The molecule has 0 saturated heterocycles. The Morgan fingerprint density at radius 1 is 1.36 bits per heavy atom. The van der Waals surface area contributed by atoms with Crippen molar-refractivity contribution in [3.63, 3.8) is 0 Å². The number of nitrogens with one attached hydrogen (secondary N) is 1. The van der Waals surface area contributed by atoms with Gasteiger partial charge in [0.25, 0.3) is 0 Å². The van der Waals surface area contributed by atoms with Gasteiger partial charge in [-0.25, -0.2) is 0 Å². The fourth-order valence-corrected chi connectivity index (χ4v) is 1.59. The highest BCUT2D eigenvalue weighted by Crippen LogP contribution is 2.41. The third kappa shape index (κ3) is 1.59. The number of carboxylic acid groups (broad SMARTS) is 1. The molecule has 5 heteroatoms. The quantitative estimate of drug-likeness (QED) is 0.561. The normalized spacial score (nSPS) is 32.1. The van der Waals surface area contributed by atoms with E-state index in [1.165, 1.54) is 0 Å². The Bertz CT molecular complexity index is 285. The molecule has 2 aliphatic carbocycles. The van der Waals surface area contributed by atoms with Gasteiger partial charge in [-0.2, -0.15) is 0 Å². The van der Waals surface area contributed by atoms with E-state index < -0.39 is 17.4 Å². The summed E-state index contributed by atoms with van der Waals surface area (Å²) in [6.07, 6.45) is 2.02. The van der Waals surface area contributed by atoms with Crippen LogP contribution in [0.15, 0.2) is 0 Å². The third-order valence-electron chi connectivity index (χ3n) is 2.99. The van der Waals surface area contributed by atoms with Gasteiger partial charge in [0.05, 0.1) is 24.0 Å². The summed E-state index contributed by atoms with van der Waals surface area (Å²) in [5.74, 6) is -2.01. The number of aliphatic carboxylic acids is 1. The highest BCUT2D eigenvalue weighted by molar-refractivity contribution is 5.90. The van der Waals surface area contributed by atoms with E-state index in [-0.39, 0.29) is 18.4 Å². The first-order chi connectivity index (χ1) is 6.58. The van der Waals surface area contributed by atoms with Gasteiger partial charge in [-0.1, -0.05) is 0 Å². The van der Waals surface area contributed by atoms with E-state index in [0.717, 1.165) is 12.8 Å². The van der Waals surface area contributed by atoms with Gasteiger partial charge in [0.1, 0.15) is 0 Å². The largest absolute Gasteiger partial charge is 0.481 e. The standard InChI is InChI=1S/C9H13NO4/c11-4-9(1-2-9)10-7(12)5-3-6(5)8(13)14/h5-6,11H,1-4H2,(H,10,12)(H,13,14)/t5-,6+/m1/s1. The molecule has 0 aliphatic heterocycles. The second-order valence-corrected chi connectivity index (χ2v) is 4.21. The summed E-state index contributed by atoms with van der Waals surface area (Å²) < 4.78 is 0. The van der Waals surface area contributed by atoms with Crippen LogP contribution in [0.3, 0.4) is 0 Å². The Morgan fingerprint density at radius 3 is 2.36 bits per heavy atom. The van der Waals surface area contributed by atoms with Gasteiger partial charge >= 0.3 is 5.97 Å². The van der Waals surface area contributed by atoms with E-state index in [0.29, 0.717) is 6.42 Å². The zero-order valence-corrected chi connectivity index (χ0v) is 7.69. The highest BCUT2D eigenvalue weighted by Gasteiger charge is 2.52. The molecule has 2 rings (SSSR count). The minimum Gasteiger partial charge on any atom is -0.481 e. The maximum atomic E-state index is 11.4. The Kier molecular flexibility index (Phi) is 1.99. The van der Waals surface area contributed by atoms with Crippen LogP contribution in [0.2, 0.25) is 0 Å². The summed E-state index contributed by atoms with van der Waals surface area (Å²) in [7, 11) is 0. The third-order valence-corrected chi connectivity index (χ3v) is 2.99. The van der Waals surface area contributed by atoms with Gasteiger partial charge in [0.15, 0.2) is 0 Å². The van der Waals surface area contributed by atoms with Crippen molar-refractivity contribution >= 4 is 11.9 Å². The van der Waals surface area contributed by atoms with Crippen molar-refractivity contribution < 1.29 is 19.8 Å². The zero-order valence-electron chi connectivity index (χ0n) is 7.69. The second kappa shape index (κ2) is 2.95. The molecule has 0 aromatic carbocycles. The van der Waals surface area contributed by atoms with Gasteiger partial charge in [-0.15, -0.1) is 0 Å². The molecule has 1 amide bonds. The maximum absolute atomic E-state index is 11.4. The van der Waals surface area contributed by atoms with Crippen LogP contribution in [-0.2, 0) is 9.59 Å². The van der Waals surface area contributed by atoms with Crippen LogP contribution in [0.5, 0.6) is 0 Å². The average molecular weight is 199 g/mol. The minimum absolute atomic E-state index is 0.0524. The van der Waals surface area contributed by atoms with Crippen LogP contribution >= 0.6 is 0 Å². The van der Waals surface area contributed by atoms with Gasteiger partial charge in [-0.05, 0) is 19.3 Å². The van der Waals surface area contributed by atoms with Crippen molar-refractivity contribution in [2.75, 3.05) is 6.61 Å². The lowest BCUT2D eigenvalue weighted by Crippen LogP contribution is -2.40. The number of aliphatic hydroxyl groups is 1. The average Bonchev–Trinajstić information content (AvgIpc) is 2.99. The van der Waals surface area contributed by atoms with Crippen molar-refractivity contribution in [1.82, 2.24) is 5.32 Å². The first-order valence-electron chi connectivity index (χ1n) is 4.74. The topological polar surface area (TPSA) is 86.6 Å². The molecule has 78 valence electrons. The van der Waals surface area contributed by atoms with Crippen molar-refractivity contribution in [2.45, 2.75) is 24.8 Å². The number of amides is 1. The molecule has 2 atom stereocenters. The lowest BCUT2D eigenvalue weighted by atomic mass is 10.2. The molecule has 5 nitrogen and oxygen atoms in total. The van der Waals surface area contributed by atoms with E-state index in [1.54, 1.807) is 0 Å². The van der Waals surface area contributed by atoms with E-state index >= 15 is 0 Å². The molecule has 2 fully saturated rings. The molecule has 0 radical (unpaired) electrons. The van der Waals surface area contributed by atoms with Crippen molar-refractivity contribution in [3.05, 3.63) is 0 Å². The molecule has 0 unspecified atom stereocenters. The molecule has 2 saturated carbocycles. The van der Waals surface area contributed by atoms with E-state index in [1.807, 2.05) is 0 Å². The molecule has 0 aromatic rings. The molecule has 0 spiro atoms. The molecular weight excluding hydrogens is 186 g/mol. The summed E-state index contributed by atoms with van der Waals surface area (Å²) in [5.41, 5.74) is -0.428. The number of carbonyl (C=O) groups is 2. The number of hydrogen-bond donors (Lipinski definition) is 3. The van der Waals surface area contributed by atoms with Crippen LogP contribution < -0.4 is 5.32 Å². The number of rotatable bonds is 4. The lowest BCUT2D eigenvalue weighted by molar-refractivity contribution is -0.140. The molecule has 0 heterocycles. The first kappa shape index (κ1) is 9.45. The Morgan fingerprint density at radius 2 is 2.00 bits per heavy atom. The lowest BCUT2D eigenvalue weighted by Gasteiger charge is -2.13. The van der Waals surface area contributed by atoms with Gasteiger partial charge < -0.3 is 15.5 Å². The van der Waals surface area contributed by atoms with Crippen LogP contribution in [0.4, 0.5) is 0 Å². The van der Waals surface area contributed by atoms with Crippen LogP contribution in [0, 0.1) is 11.8 Å². The molecule has 0 bridgehead atoms. The summed E-state index contributed by atoms with van der Waals surface area (Å²) >= 11 is 0. The van der Waals surface area contributed by atoms with Crippen molar-refractivity contribution in [3.8, 4) is 0 Å². The Hall–Kier alpha value is -1.10. The van der Waals surface area contributed by atoms with Gasteiger partial charge in [0, 0.05) is 0 Å². The summed E-state index contributed by atoms with van der Waals surface area (Å²) in [5, 5.41) is 20.3. The predicted octanol–water partition coefficient (Wildman–Crippen LogP) is -0.652. The molecule has 2 aliphatic rings. The molecule has 14 heavy (non-hydrogen) atoms. The van der Waals surface area contributed by atoms with Crippen LogP contribution in [0.25, 0.3) is 0 Å². The van der Waals surface area contributed by atoms with Crippen LogP contribution in [-0.4, -0.2) is 34.2 Å². The van der Waals surface area contributed by atoms with Crippen molar-refractivity contribution in [1.29, 1.82) is 0 Å². The Labute approximate surface area is 81.1 Å². The number of carboxylic acids is 1. The second-order valence-electron chi connectivity index (χ2n) is 4.21. The zero-order chi connectivity index (χ0) is 10.3. The van der Waals surface area contributed by atoms with Gasteiger partial charge in [-0.3, -0.25) is 9.59 Å². The Balaban J connectivity index is 1.83. The van der Waals surface area contributed by atoms with E-state index in [2.05, 4.69) is 5.32 Å². The molecule has 3 N–H and O–H groups in total. The smallest absolute Gasteiger partial charge is 0.307 e. The van der Waals surface area contributed by atoms with Crippen LogP contribution in [0.1, 0.15) is 19.3 Å². The summed E-state index contributed by atoms with van der Waals surface area (Å²) in [6.45, 7) is -0.0524. The molecular formula is C9H13NO4. The molecule has 0 aromatic heterocycles. The summed E-state index contributed by atoms with van der Waals surface area (Å²) in [4.78, 5) is 21.9. The first-order valence-corrected chi connectivity index (χ1v) is 4.74. The number of aliphatic hydroxyl groups excluding tert-OH is 1. The van der Waals surface area contributed by atoms with Crippen molar-refractivity contribution in [2.24, 2.45) is 11.8 Å². The fourth-order valence-electron chi connectivity index (χ4n) is 1.59. The maximum Gasteiger partial charge on any atom is 0.307 e. The van der Waals surface area contributed by atoms with E-state index in [9.17, 15) is 9.59 Å². The minimum atomic E-state index is -0.904. The van der Waals surface area contributed by atoms with E-state index in [4.69, 9.17) is 10.2 Å². The van der Waals surface area contributed by atoms with Gasteiger partial charge in [0.2, 0.25) is 5.91 Å². The summed E-state index contributed by atoms with van der Waals surface area (Å²) in [6, 6.07) is 0. The monoisotopic (exact) mass is 199 g/mol. The number of hydrogen-bond acceptors (Lipinski definition) is 3. The predicted molar refractivity (Wildman–Crippen MR) is 46.4 cm³/mol. The fraction of sp³-hybridized carbons (Fsp3) is 0.778. The number of carbonyl (C=O) groups excluding carboxylic acids is 1.